The molecule has 2 aliphatic carbocycles. The predicted molar refractivity (Wildman–Crippen MR) is 133 cm³/mol. The van der Waals surface area contributed by atoms with E-state index in [9.17, 15) is 4.79 Å². The van der Waals surface area contributed by atoms with Crippen LogP contribution in [0.2, 0.25) is 0 Å². The van der Waals surface area contributed by atoms with Crippen molar-refractivity contribution in [3.05, 3.63) is 52.0 Å². The van der Waals surface area contributed by atoms with Crippen molar-refractivity contribution in [3.8, 4) is 5.88 Å². The zero-order valence-corrected chi connectivity index (χ0v) is 20.4. The van der Waals surface area contributed by atoms with Crippen molar-refractivity contribution >= 4 is 11.2 Å². The molecule has 3 aromatic heterocycles. The van der Waals surface area contributed by atoms with Crippen LogP contribution in [0.5, 0.6) is 5.88 Å². The van der Waals surface area contributed by atoms with Gasteiger partial charge in [0.25, 0.3) is 5.56 Å². The smallest absolute Gasteiger partial charge is 0.270 e. The van der Waals surface area contributed by atoms with Crippen LogP contribution in [0, 0.1) is 5.92 Å². The van der Waals surface area contributed by atoms with Crippen LogP contribution in [0.15, 0.2) is 29.3 Å². The predicted octanol–water partition coefficient (Wildman–Crippen LogP) is 3.85. The Bertz CT molecular complexity index is 1140. The van der Waals surface area contributed by atoms with Crippen LogP contribution in [0.3, 0.4) is 0 Å². The minimum atomic E-state index is -0.130. The van der Waals surface area contributed by atoms with Gasteiger partial charge in [-0.15, -0.1) is 0 Å². The molecular formula is C26H36N6O2. The molecule has 3 aromatic rings. The fourth-order valence-electron chi connectivity index (χ4n) is 4.78. The number of nitrogens with zero attached hydrogens (tertiary/aromatic N) is 5. The maximum Gasteiger partial charge on any atom is 0.270 e. The molecule has 1 N–H and O–H groups in total. The Hall–Kier alpha value is -2.87. The number of hydrogen-bond donors (Lipinski definition) is 1. The van der Waals surface area contributed by atoms with Crippen molar-refractivity contribution in [2.45, 2.75) is 77.8 Å². The summed E-state index contributed by atoms with van der Waals surface area (Å²) in [5, 5.41) is 3.53. The number of pyridine rings is 1. The number of rotatable bonds is 7. The van der Waals surface area contributed by atoms with Crippen molar-refractivity contribution in [1.29, 1.82) is 0 Å². The van der Waals surface area contributed by atoms with Crippen LogP contribution in [-0.4, -0.2) is 38.2 Å². The summed E-state index contributed by atoms with van der Waals surface area (Å²) >= 11 is 0. The largest absolute Gasteiger partial charge is 0.481 e. The molecular weight excluding hydrogens is 428 g/mol. The van der Waals surface area contributed by atoms with Crippen molar-refractivity contribution in [2.75, 3.05) is 13.7 Å². The first-order valence-corrected chi connectivity index (χ1v) is 12.6. The minimum Gasteiger partial charge on any atom is -0.481 e. The second-order valence-corrected chi connectivity index (χ2v) is 9.19. The highest BCUT2D eigenvalue weighted by Crippen LogP contribution is 2.24. The highest BCUT2D eigenvalue weighted by molar-refractivity contribution is 5.70. The van der Waals surface area contributed by atoms with Gasteiger partial charge < -0.3 is 10.1 Å². The lowest BCUT2D eigenvalue weighted by atomic mass is 9.97. The Morgan fingerprint density at radius 1 is 1.06 bits per heavy atom. The summed E-state index contributed by atoms with van der Waals surface area (Å²) in [4.78, 5) is 29.1. The Morgan fingerprint density at radius 2 is 1.88 bits per heavy atom. The van der Waals surface area contributed by atoms with Gasteiger partial charge in [-0.2, -0.15) is 4.98 Å². The second kappa shape index (κ2) is 12.0. The van der Waals surface area contributed by atoms with E-state index < -0.39 is 0 Å². The van der Waals surface area contributed by atoms with Gasteiger partial charge in [-0.1, -0.05) is 19.8 Å². The first-order valence-electron chi connectivity index (χ1n) is 12.6. The number of aryl methyl sites for hydroxylation is 3. The third kappa shape index (κ3) is 6.17. The average Bonchev–Trinajstić information content (AvgIpc) is 3.39. The van der Waals surface area contributed by atoms with Gasteiger partial charge in [0.1, 0.15) is 11.3 Å². The van der Waals surface area contributed by atoms with E-state index in [0.717, 1.165) is 37.7 Å². The maximum atomic E-state index is 11.6. The molecule has 0 amide bonds. The topological polar surface area (TPSA) is 94.8 Å². The SMILES string of the molecule is CCCn1c(=O)cnc2ccc(OC)nc21.c1nc(CNCC2CCCC2)nc2c1CCCC2. The lowest BCUT2D eigenvalue weighted by molar-refractivity contribution is 0.398. The molecule has 8 heteroatoms. The van der Waals surface area contributed by atoms with Gasteiger partial charge in [0.05, 0.1) is 19.9 Å². The summed E-state index contributed by atoms with van der Waals surface area (Å²) in [5.41, 5.74) is 3.83. The summed E-state index contributed by atoms with van der Waals surface area (Å²) in [6.07, 6.45) is 14.8. The summed E-state index contributed by atoms with van der Waals surface area (Å²) in [6.45, 7) is 4.63. The van der Waals surface area contributed by atoms with E-state index in [2.05, 4.69) is 20.3 Å². The van der Waals surface area contributed by atoms with Crippen LogP contribution < -0.4 is 15.6 Å². The first kappa shape index (κ1) is 24.3. The molecule has 0 aliphatic heterocycles. The molecule has 0 spiro atoms. The van der Waals surface area contributed by atoms with Crippen LogP contribution >= 0.6 is 0 Å². The quantitative estimate of drug-likeness (QED) is 0.567. The van der Waals surface area contributed by atoms with Crippen LogP contribution in [-0.2, 0) is 25.9 Å². The summed E-state index contributed by atoms with van der Waals surface area (Å²) in [5.74, 6) is 2.36. The van der Waals surface area contributed by atoms with Gasteiger partial charge in [-0.25, -0.2) is 15.0 Å². The van der Waals surface area contributed by atoms with Gasteiger partial charge in [-0.3, -0.25) is 9.36 Å². The molecule has 182 valence electrons. The van der Waals surface area contributed by atoms with E-state index in [0.29, 0.717) is 23.6 Å². The number of methoxy groups -OCH3 is 1. The maximum absolute atomic E-state index is 11.6. The number of fused-ring (bicyclic) bond motifs is 2. The molecule has 0 bridgehead atoms. The Kier molecular flexibility index (Phi) is 8.57. The molecule has 1 fully saturated rings. The molecule has 0 atom stereocenters. The lowest BCUT2D eigenvalue weighted by Crippen LogP contribution is -2.22. The van der Waals surface area contributed by atoms with Crippen molar-refractivity contribution < 1.29 is 4.74 Å². The molecule has 0 unspecified atom stereocenters. The summed E-state index contributed by atoms with van der Waals surface area (Å²) in [6, 6.07) is 3.53. The van der Waals surface area contributed by atoms with E-state index in [1.807, 2.05) is 13.1 Å². The molecule has 0 radical (unpaired) electrons. The Morgan fingerprint density at radius 3 is 2.68 bits per heavy atom. The lowest BCUT2D eigenvalue weighted by Gasteiger charge is -2.15. The molecule has 5 rings (SSSR count). The third-order valence-corrected chi connectivity index (χ3v) is 6.63. The Balaban J connectivity index is 0.000000162. The third-order valence-electron chi connectivity index (χ3n) is 6.63. The molecule has 0 aromatic carbocycles. The van der Waals surface area contributed by atoms with Crippen LogP contribution in [0.4, 0.5) is 0 Å². The average molecular weight is 465 g/mol. The molecule has 34 heavy (non-hydrogen) atoms. The highest BCUT2D eigenvalue weighted by Gasteiger charge is 2.15. The van der Waals surface area contributed by atoms with E-state index in [1.165, 1.54) is 62.4 Å². The fraction of sp³-hybridized carbons (Fsp3) is 0.577. The number of nitrogens with one attached hydrogen (secondary N) is 1. The summed E-state index contributed by atoms with van der Waals surface area (Å²) < 4.78 is 6.66. The van der Waals surface area contributed by atoms with E-state index in [-0.39, 0.29) is 5.56 Å². The molecule has 2 aliphatic rings. The zero-order chi connectivity index (χ0) is 23.8. The van der Waals surface area contributed by atoms with Gasteiger partial charge in [0.2, 0.25) is 5.88 Å². The van der Waals surface area contributed by atoms with Gasteiger partial charge in [0, 0.05) is 24.5 Å². The van der Waals surface area contributed by atoms with E-state index >= 15 is 0 Å². The minimum absolute atomic E-state index is 0.130. The van der Waals surface area contributed by atoms with E-state index in [1.54, 1.807) is 23.8 Å². The molecule has 3 heterocycles. The second-order valence-electron chi connectivity index (χ2n) is 9.19. The zero-order valence-electron chi connectivity index (χ0n) is 20.4. The van der Waals surface area contributed by atoms with Gasteiger partial charge in [-0.05, 0) is 69.0 Å². The highest BCUT2D eigenvalue weighted by atomic mass is 16.5. The number of ether oxygens (including phenoxy) is 1. The van der Waals surface area contributed by atoms with Crippen molar-refractivity contribution in [1.82, 2.24) is 29.8 Å². The van der Waals surface area contributed by atoms with Gasteiger partial charge >= 0.3 is 0 Å². The first-order chi connectivity index (χ1) is 16.7. The fourth-order valence-corrected chi connectivity index (χ4v) is 4.78. The van der Waals surface area contributed by atoms with Crippen LogP contribution in [0.1, 0.15) is 69.0 Å². The standard InChI is InChI=1S/C15H23N3.C11H13N3O2/c1-2-6-12(5-1)9-16-11-15-17-10-13-7-3-4-8-14(13)18-15;1-3-6-14-10(15)7-12-8-4-5-9(16-2)13-11(8)14/h10,12,16H,1-9,11H2;4-5,7H,3,6H2,1-2H3. The van der Waals surface area contributed by atoms with Crippen molar-refractivity contribution in [2.24, 2.45) is 5.92 Å². The van der Waals surface area contributed by atoms with Crippen LogP contribution in [0.25, 0.3) is 11.2 Å². The van der Waals surface area contributed by atoms with E-state index in [4.69, 9.17) is 9.72 Å². The summed E-state index contributed by atoms with van der Waals surface area (Å²) in [7, 11) is 1.55. The molecule has 0 saturated heterocycles. The molecule has 1 saturated carbocycles. The Labute approximate surface area is 201 Å². The number of hydrogen-bond acceptors (Lipinski definition) is 7. The monoisotopic (exact) mass is 464 g/mol. The van der Waals surface area contributed by atoms with Gasteiger partial charge in [0.15, 0.2) is 5.65 Å². The molecule has 8 nitrogen and oxygen atoms in total. The van der Waals surface area contributed by atoms with Crippen molar-refractivity contribution in [3.63, 3.8) is 0 Å². The normalized spacial score (nSPS) is 15.6. The number of aromatic nitrogens is 5.